The number of benzene rings is 1. The van der Waals surface area contributed by atoms with Crippen LogP contribution in [0.15, 0.2) is 41.9 Å². The lowest BCUT2D eigenvalue weighted by Gasteiger charge is -2.31. The van der Waals surface area contributed by atoms with Gasteiger partial charge in [-0.25, -0.2) is 9.80 Å². The Kier molecular flexibility index (Phi) is 3.72. The molecule has 1 aromatic carbocycles. The van der Waals surface area contributed by atoms with E-state index in [1.807, 2.05) is 0 Å². The number of amides is 2. The van der Waals surface area contributed by atoms with Crippen molar-refractivity contribution >= 4 is 35.2 Å². The van der Waals surface area contributed by atoms with Crippen LogP contribution in [0.5, 0.6) is 0 Å². The lowest BCUT2D eigenvalue weighted by molar-refractivity contribution is -0.136. The minimum absolute atomic E-state index is 0.136. The predicted octanol–water partition coefficient (Wildman–Crippen LogP) is 2.60. The molecular formula is C14H11Cl2N3O3. The molecule has 114 valence electrons. The Morgan fingerprint density at radius 2 is 2.09 bits per heavy atom. The van der Waals surface area contributed by atoms with E-state index in [0.717, 1.165) is 15.6 Å². The van der Waals surface area contributed by atoms with Crippen LogP contribution < -0.4 is 5.32 Å². The van der Waals surface area contributed by atoms with Gasteiger partial charge in [-0.1, -0.05) is 29.3 Å². The maximum absolute atomic E-state index is 12.5. The molecule has 2 aliphatic heterocycles. The van der Waals surface area contributed by atoms with Crippen molar-refractivity contribution in [2.45, 2.75) is 6.42 Å². The second-order valence-corrected chi connectivity index (χ2v) is 5.62. The molecule has 2 N–H and O–H groups in total. The Morgan fingerprint density at radius 3 is 2.77 bits per heavy atom. The Morgan fingerprint density at radius 1 is 1.32 bits per heavy atom. The molecule has 0 bridgehead atoms. The highest BCUT2D eigenvalue weighted by atomic mass is 35.5. The first kappa shape index (κ1) is 14.7. The van der Waals surface area contributed by atoms with Crippen LogP contribution in [0.3, 0.4) is 0 Å². The Bertz CT molecular complexity index is 730. The molecule has 0 fully saturated rings. The van der Waals surface area contributed by atoms with Crippen molar-refractivity contribution in [3.63, 3.8) is 0 Å². The molecule has 0 aliphatic carbocycles. The number of nitrogens with one attached hydrogen (secondary N) is 1. The van der Waals surface area contributed by atoms with Gasteiger partial charge in [0.25, 0.3) is 5.91 Å². The van der Waals surface area contributed by atoms with Crippen molar-refractivity contribution in [3.05, 3.63) is 57.5 Å². The number of hydrazine groups is 1. The normalized spacial score (nSPS) is 16.9. The lowest BCUT2D eigenvalue weighted by atomic mass is 10.0. The molecule has 2 heterocycles. The molecular weight excluding hydrogens is 329 g/mol. The quantitative estimate of drug-likeness (QED) is 0.868. The molecule has 0 aromatic heterocycles. The van der Waals surface area contributed by atoms with Gasteiger partial charge in [-0.3, -0.25) is 4.79 Å². The third-order valence-corrected chi connectivity index (χ3v) is 4.13. The zero-order valence-corrected chi connectivity index (χ0v) is 12.7. The molecule has 8 heteroatoms. The third kappa shape index (κ3) is 2.51. The van der Waals surface area contributed by atoms with Gasteiger partial charge in [0.1, 0.15) is 5.82 Å². The van der Waals surface area contributed by atoms with Gasteiger partial charge in [-0.2, -0.15) is 5.01 Å². The highest BCUT2D eigenvalue weighted by Crippen LogP contribution is 2.27. The van der Waals surface area contributed by atoms with Crippen LogP contribution in [0.1, 0.15) is 5.56 Å². The molecule has 1 aromatic rings. The van der Waals surface area contributed by atoms with E-state index >= 15 is 0 Å². The van der Waals surface area contributed by atoms with Gasteiger partial charge in [0, 0.05) is 18.2 Å². The maximum atomic E-state index is 12.5. The zero-order chi connectivity index (χ0) is 15.9. The molecule has 0 unspecified atom stereocenters. The van der Waals surface area contributed by atoms with Crippen molar-refractivity contribution in [2.75, 3.05) is 6.54 Å². The van der Waals surface area contributed by atoms with E-state index in [2.05, 4.69) is 5.32 Å². The van der Waals surface area contributed by atoms with Crippen LogP contribution in [-0.2, 0) is 11.2 Å². The smallest absolute Gasteiger partial charge is 0.427 e. The van der Waals surface area contributed by atoms with Gasteiger partial charge < -0.3 is 10.4 Å². The second-order valence-electron chi connectivity index (χ2n) is 4.81. The number of hydrogen-bond donors (Lipinski definition) is 2. The maximum Gasteiger partial charge on any atom is 0.427 e. The summed E-state index contributed by atoms with van der Waals surface area (Å²) in [5.74, 6) is 0.0706. The van der Waals surface area contributed by atoms with Crippen LogP contribution in [-0.4, -0.2) is 33.7 Å². The zero-order valence-electron chi connectivity index (χ0n) is 11.2. The topological polar surface area (TPSA) is 72.9 Å². The van der Waals surface area contributed by atoms with Crippen LogP contribution >= 0.6 is 23.2 Å². The van der Waals surface area contributed by atoms with Gasteiger partial charge >= 0.3 is 6.09 Å². The Balaban J connectivity index is 1.83. The number of nitrogens with zero attached hydrogens (tertiary/aromatic N) is 2. The first-order valence-electron chi connectivity index (χ1n) is 6.42. The highest BCUT2D eigenvalue weighted by molar-refractivity contribution is 6.42. The lowest BCUT2D eigenvalue weighted by Crippen LogP contribution is -2.49. The molecule has 3 rings (SSSR count). The van der Waals surface area contributed by atoms with E-state index < -0.39 is 6.09 Å². The summed E-state index contributed by atoms with van der Waals surface area (Å²) < 4.78 is 0. The van der Waals surface area contributed by atoms with Crippen LogP contribution in [0, 0.1) is 0 Å². The van der Waals surface area contributed by atoms with Gasteiger partial charge in [-0.05, 0) is 23.8 Å². The van der Waals surface area contributed by atoms with Gasteiger partial charge in [0.05, 0.1) is 16.6 Å². The van der Waals surface area contributed by atoms with Crippen molar-refractivity contribution < 1.29 is 14.7 Å². The predicted molar refractivity (Wildman–Crippen MR) is 81.0 cm³/mol. The summed E-state index contributed by atoms with van der Waals surface area (Å²) >= 11 is 11.8. The molecule has 0 spiro atoms. The van der Waals surface area contributed by atoms with E-state index in [4.69, 9.17) is 28.3 Å². The molecule has 0 saturated carbocycles. The van der Waals surface area contributed by atoms with Crippen LogP contribution in [0.25, 0.3) is 0 Å². The van der Waals surface area contributed by atoms with E-state index in [1.165, 1.54) is 0 Å². The number of carboxylic acid groups (broad SMARTS) is 1. The minimum Gasteiger partial charge on any atom is -0.464 e. The summed E-state index contributed by atoms with van der Waals surface area (Å²) in [6.45, 7) is 0.136. The fourth-order valence-electron chi connectivity index (χ4n) is 2.33. The first-order chi connectivity index (χ1) is 10.5. The monoisotopic (exact) mass is 339 g/mol. The van der Waals surface area contributed by atoms with Crippen molar-refractivity contribution in [3.8, 4) is 0 Å². The fraction of sp³-hybridized carbons (Fsp3) is 0.143. The number of halogens is 2. The van der Waals surface area contributed by atoms with Gasteiger partial charge in [0.15, 0.2) is 0 Å². The minimum atomic E-state index is -1.18. The summed E-state index contributed by atoms with van der Waals surface area (Å²) in [6, 6.07) is 5.11. The second kappa shape index (κ2) is 5.55. The largest absolute Gasteiger partial charge is 0.464 e. The summed E-state index contributed by atoms with van der Waals surface area (Å²) in [5, 5.41) is 15.0. The molecule has 22 heavy (non-hydrogen) atoms. The number of hydrogen-bond acceptors (Lipinski definition) is 3. The standard InChI is InChI=1S/C14H11Cl2N3O3/c15-10-2-1-8(6-11(10)16)5-9-7-17-12-3-4-18(14(21)22)19(12)13(9)20/h1-3,6-7,17H,4-5H2,(H,21,22). The molecule has 2 amide bonds. The molecule has 6 nitrogen and oxygen atoms in total. The summed E-state index contributed by atoms with van der Waals surface area (Å²) in [5.41, 5.74) is 1.24. The first-order valence-corrected chi connectivity index (χ1v) is 7.17. The Hall–Kier alpha value is -2.18. The van der Waals surface area contributed by atoms with Crippen molar-refractivity contribution in [1.82, 2.24) is 15.3 Å². The number of fused-ring (bicyclic) bond motifs is 1. The average Bonchev–Trinajstić information content (AvgIpc) is 2.91. The fourth-order valence-corrected chi connectivity index (χ4v) is 2.65. The number of carbonyl (C=O) groups excluding carboxylic acids is 1. The van der Waals surface area contributed by atoms with Crippen molar-refractivity contribution in [2.24, 2.45) is 0 Å². The van der Waals surface area contributed by atoms with E-state index in [-0.39, 0.29) is 12.5 Å². The van der Waals surface area contributed by atoms with Crippen LogP contribution in [0.2, 0.25) is 10.0 Å². The SMILES string of the molecule is O=C(O)N1CC=C2NC=C(Cc3ccc(Cl)c(Cl)c3)C(=O)N21. The molecule has 0 saturated heterocycles. The number of rotatable bonds is 2. The van der Waals surface area contributed by atoms with Gasteiger partial charge in [-0.15, -0.1) is 0 Å². The number of carbonyl (C=O) groups is 2. The summed E-state index contributed by atoms with van der Waals surface area (Å²) in [6.07, 6.45) is 2.36. The highest BCUT2D eigenvalue weighted by Gasteiger charge is 2.36. The van der Waals surface area contributed by atoms with E-state index in [9.17, 15) is 9.59 Å². The van der Waals surface area contributed by atoms with Crippen molar-refractivity contribution in [1.29, 1.82) is 0 Å². The van der Waals surface area contributed by atoms with Crippen LogP contribution in [0.4, 0.5) is 4.79 Å². The van der Waals surface area contributed by atoms with Gasteiger partial charge in [0.2, 0.25) is 0 Å². The molecule has 0 radical (unpaired) electrons. The molecule has 0 atom stereocenters. The third-order valence-electron chi connectivity index (χ3n) is 3.39. The summed E-state index contributed by atoms with van der Waals surface area (Å²) in [4.78, 5) is 23.7. The molecule has 2 aliphatic rings. The van der Waals surface area contributed by atoms with E-state index in [0.29, 0.717) is 27.9 Å². The summed E-state index contributed by atoms with van der Waals surface area (Å²) in [7, 11) is 0. The van der Waals surface area contributed by atoms with E-state index in [1.54, 1.807) is 30.5 Å². The average molecular weight is 340 g/mol. The Labute approximate surface area is 136 Å².